The number of nitrogens with one attached hydrogen (secondary N) is 1. The van der Waals surface area contributed by atoms with Crippen LogP contribution in [0.4, 0.5) is 4.79 Å². The van der Waals surface area contributed by atoms with Gasteiger partial charge in [0.25, 0.3) is 0 Å². The van der Waals surface area contributed by atoms with Crippen molar-refractivity contribution in [3.8, 4) is 0 Å². The molecule has 1 fully saturated rings. The van der Waals surface area contributed by atoms with Gasteiger partial charge in [-0.05, 0) is 38.5 Å². The van der Waals surface area contributed by atoms with Crippen molar-refractivity contribution in [3.05, 3.63) is 12.2 Å². The Hall–Kier alpha value is -1.52. The zero-order valence-electron chi connectivity index (χ0n) is 10.6. The number of aliphatic carboxylic acids is 1. The Labute approximate surface area is 107 Å². The molecular weight excluding hydrogens is 234 g/mol. The number of carboxylic acid groups (broad SMARTS) is 1. The van der Waals surface area contributed by atoms with Crippen LogP contribution in [0.5, 0.6) is 0 Å². The summed E-state index contributed by atoms with van der Waals surface area (Å²) in [5.74, 6) is -0.986. The van der Waals surface area contributed by atoms with Crippen LogP contribution in [-0.4, -0.2) is 29.8 Å². The second-order valence-electron chi connectivity index (χ2n) is 4.60. The van der Waals surface area contributed by atoms with Gasteiger partial charge in [0.1, 0.15) is 6.10 Å². The first kappa shape index (κ1) is 14.5. The molecular formula is C13H21NO4. The third-order valence-corrected chi connectivity index (χ3v) is 3.05. The van der Waals surface area contributed by atoms with Gasteiger partial charge in [0, 0.05) is 12.1 Å². The largest absolute Gasteiger partial charge is 0.478 e. The van der Waals surface area contributed by atoms with E-state index in [4.69, 9.17) is 9.84 Å². The Morgan fingerprint density at radius 2 is 1.94 bits per heavy atom. The number of alkyl carbamates (subject to hydrolysis) is 1. The molecule has 0 saturated heterocycles. The summed E-state index contributed by atoms with van der Waals surface area (Å²) in [4.78, 5) is 21.9. The number of hydrogen-bond acceptors (Lipinski definition) is 3. The molecule has 5 nitrogen and oxygen atoms in total. The van der Waals surface area contributed by atoms with Crippen LogP contribution in [0.3, 0.4) is 0 Å². The summed E-state index contributed by atoms with van der Waals surface area (Å²) in [5, 5.41) is 11.2. The van der Waals surface area contributed by atoms with E-state index in [0.717, 1.165) is 25.7 Å². The zero-order chi connectivity index (χ0) is 13.4. The summed E-state index contributed by atoms with van der Waals surface area (Å²) >= 11 is 0. The highest BCUT2D eigenvalue weighted by Crippen LogP contribution is 2.20. The van der Waals surface area contributed by atoms with Crippen molar-refractivity contribution in [1.82, 2.24) is 5.32 Å². The molecule has 1 rings (SSSR count). The molecule has 18 heavy (non-hydrogen) atoms. The number of carbonyl (C=O) groups is 2. The van der Waals surface area contributed by atoms with Crippen LogP contribution in [-0.2, 0) is 9.53 Å². The highest BCUT2D eigenvalue weighted by molar-refractivity contribution is 5.85. The van der Waals surface area contributed by atoms with Crippen LogP contribution in [0.1, 0.15) is 44.9 Å². The van der Waals surface area contributed by atoms with Gasteiger partial charge in [-0.2, -0.15) is 0 Å². The first-order valence-corrected chi connectivity index (χ1v) is 6.45. The van der Waals surface area contributed by atoms with Crippen LogP contribution in [0.15, 0.2) is 12.2 Å². The lowest BCUT2D eigenvalue weighted by molar-refractivity contribution is -0.132. The topological polar surface area (TPSA) is 75.6 Å². The van der Waals surface area contributed by atoms with Crippen molar-refractivity contribution in [1.29, 1.82) is 0 Å². The molecule has 1 aliphatic carbocycles. The molecule has 0 heterocycles. The average Bonchev–Trinajstić information content (AvgIpc) is 2.35. The summed E-state index contributed by atoms with van der Waals surface area (Å²) in [6.45, 7) is 3.84. The second-order valence-corrected chi connectivity index (χ2v) is 4.60. The van der Waals surface area contributed by atoms with E-state index in [9.17, 15) is 9.59 Å². The van der Waals surface area contributed by atoms with Crippen molar-refractivity contribution in [2.45, 2.75) is 51.0 Å². The maximum atomic E-state index is 11.4. The van der Waals surface area contributed by atoms with Crippen LogP contribution in [0.25, 0.3) is 0 Å². The van der Waals surface area contributed by atoms with Gasteiger partial charge in [-0.1, -0.05) is 13.0 Å². The summed E-state index contributed by atoms with van der Waals surface area (Å²) in [7, 11) is 0. The Morgan fingerprint density at radius 3 is 2.56 bits per heavy atom. The van der Waals surface area contributed by atoms with Gasteiger partial charge in [0.2, 0.25) is 0 Å². The molecule has 0 spiro atoms. The second kappa shape index (κ2) is 7.74. The molecule has 0 atom stereocenters. The predicted molar refractivity (Wildman–Crippen MR) is 67.4 cm³/mol. The molecule has 0 unspecified atom stereocenters. The minimum atomic E-state index is -0.986. The highest BCUT2D eigenvalue weighted by Gasteiger charge is 2.17. The Morgan fingerprint density at radius 1 is 1.28 bits per heavy atom. The molecule has 0 aromatic rings. The highest BCUT2D eigenvalue weighted by atomic mass is 16.6. The van der Waals surface area contributed by atoms with Gasteiger partial charge in [-0.15, -0.1) is 0 Å². The van der Waals surface area contributed by atoms with Crippen LogP contribution >= 0.6 is 0 Å². The lowest BCUT2D eigenvalue weighted by Gasteiger charge is -2.21. The maximum absolute atomic E-state index is 11.4. The molecule has 5 heteroatoms. The first-order valence-electron chi connectivity index (χ1n) is 6.45. The Bertz CT molecular complexity index is 308. The quantitative estimate of drug-likeness (QED) is 0.564. The zero-order valence-corrected chi connectivity index (χ0v) is 10.6. The van der Waals surface area contributed by atoms with E-state index in [1.54, 1.807) is 0 Å². The van der Waals surface area contributed by atoms with Gasteiger partial charge in [-0.25, -0.2) is 9.59 Å². The van der Waals surface area contributed by atoms with Crippen LogP contribution in [0.2, 0.25) is 0 Å². The summed E-state index contributed by atoms with van der Waals surface area (Å²) in [5.41, 5.74) is 0.164. The molecule has 0 bridgehead atoms. The standard InChI is InChI=1S/C13H21NO4/c1-10(12(15)16)6-5-9-14-13(17)18-11-7-3-2-4-8-11/h11H,1-9H2,(H,14,17)(H,15,16). The van der Waals surface area contributed by atoms with Gasteiger partial charge in [-0.3, -0.25) is 0 Å². The fraction of sp³-hybridized carbons (Fsp3) is 0.692. The molecule has 0 aromatic carbocycles. The Balaban J connectivity index is 2.06. The molecule has 0 radical (unpaired) electrons. The number of carbonyl (C=O) groups excluding carboxylic acids is 1. The molecule has 1 saturated carbocycles. The van der Waals surface area contributed by atoms with E-state index < -0.39 is 12.1 Å². The lowest BCUT2D eigenvalue weighted by Crippen LogP contribution is -2.30. The van der Waals surface area contributed by atoms with E-state index >= 15 is 0 Å². The van der Waals surface area contributed by atoms with Crippen LogP contribution in [0, 0.1) is 0 Å². The van der Waals surface area contributed by atoms with Gasteiger partial charge in [0.15, 0.2) is 0 Å². The third kappa shape index (κ3) is 5.70. The first-order chi connectivity index (χ1) is 8.59. The molecule has 1 amide bonds. The smallest absolute Gasteiger partial charge is 0.407 e. The van der Waals surface area contributed by atoms with Crippen molar-refractivity contribution < 1.29 is 19.4 Å². The van der Waals surface area contributed by atoms with Crippen molar-refractivity contribution in [2.75, 3.05) is 6.54 Å². The maximum Gasteiger partial charge on any atom is 0.407 e. The Kier molecular flexibility index (Phi) is 6.25. The van der Waals surface area contributed by atoms with E-state index in [0.29, 0.717) is 19.4 Å². The van der Waals surface area contributed by atoms with Crippen LogP contribution < -0.4 is 5.32 Å². The van der Waals surface area contributed by atoms with Crippen molar-refractivity contribution in [2.24, 2.45) is 0 Å². The number of rotatable bonds is 6. The number of ether oxygens (including phenoxy) is 1. The van der Waals surface area contributed by atoms with E-state index in [1.807, 2.05) is 0 Å². The molecule has 1 aliphatic rings. The number of hydrogen-bond donors (Lipinski definition) is 2. The molecule has 0 aromatic heterocycles. The van der Waals surface area contributed by atoms with Gasteiger partial charge < -0.3 is 15.2 Å². The molecule has 102 valence electrons. The number of carboxylic acids is 1. The summed E-state index contributed by atoms with van der Waals surface area (Å²) in [6.07, 6.45) is 5.94. The molecule has 2 N–H and O–H groups in total. The van der Waals surface area contributed by atoms with Crippen molar-refractivity contribution in [3.63, 3.8) is 0 Å². The fourth-order valence-electron chi connectivity index (χ4n) is 1.98. The summed E-state index contributed by atoms with van der Waals surface area (Å²) in [6, 6.07) is 0. The summed E-state index contributed by atoms with van der Waals surface area (Å²) < 4.78 is 5.26. The van der Waals surface area contributed by atoms with E-state index in [2.05, 4.69) is 11.9 Å². The lowest BCUT2D eigenvalue weighted by atomic mass is 9.98. The molecule has 0 aliphatic heterocycles. The fourth-order valence-corrected chi connectivity index (χ4v) is 1.98. The minimum Gasteiger partial charge on any atom is -0.478 e. The van der Waals surface area contributed by atoms with E-state index in [1.165, 1.54) is 6.42 Å². The normalized spacial score (nSPS) is 16.0. The third-order valence-electron chi connectivity index (χ3n) is 3.05. The van der Waals surface area contributed by atoms with Gasteiger partial charge >= 0.3 is 12.1 Å². The monoisotopic (exact) mass is 255 g/mol. The van der Waals surface area contributed by atoms with E-state index in [-0.39, 0.29) is 11.7 Å². The minimum absolute atomic E-state index is 0.0488. The average molecular weight is 255 g/mol. The number of amides is 1. The van der Waals surface area contributed by atoms with Gasteiger partial charge in [0.05, 0.1) is 0 Å². The SMILES string of the molecule is C=C(CCCNC(=O)OC1CCCCC1)C(=O)O. The van der Waals surface area contributed by atoms with Crippen molar-refractivity contribution >= 4 is 12.1 Å². The predicted octanol–water partition coefficient (Wildman–Crippen LogP) is 2.47.